The molecule has 3 N–H and O–H groups in total. The standard InChI is InChI=1S/C19H19N5O5S/c1-13(25)21-16-10-15(8-9-18(16)29-2)30(27,28)23-22-19(26)17-11-20-12-24(17)14-6-4-3-5-7-14/h3-12,23H,1-2H3,(H,21,25)(H,22,26). The van der Waals surface area contributed by atoms with Gasteiger partial charge in [-0.05, 0) is 30.3 Å². The van der Waals surface area contributed by atoms with Gasteiger partial charge in [-0.3, -0.25) is 19.6 Å². The zero-order valence-corrected chi connectivity index (χ0v) is 16.9. The van der Waals surface area contributed by atoms with Crippen molar-refractivity contribution < 1.29 is 22.7 Å². The maximum Gasteiger partial charge on any atom is 0.284 e. The van der Waals surface area contributed by atoms with E-state index in [4.69, 9.17) is 4.74 Å². The smallest absolute Gasteiger partial charge is 0.284 e. The molecule has 0 radical (unpaired) electrons. The van der Waals surface area contributed by atoms with E-state index in [1.165, 1.54) is 49.3 Å². The van der Waals surface area contributed by atoms with E-state index < -0.39 is 21.8 Å². The van der Waals surface area contributed by atoms with Gasteiger partial charge in [0.05, 0.1) is 30.2 Å². The van der Waals surface area contributed by atoms with Crippen LogP contribution in [0.4, 0.5) is 5.69 Å². The summed E-state index contributed by atoms with van der Waals surface area (Å²) in [6, 6.07) is 12.9. The predicted molar refractivity (Wildman–Crippen MR) is 109 cm³/mol. The van der Waals surface area contributed by atoms with Crippen molar-refractivity contribution in [1.82, 2.24) is 19.8 Å². The first-order chi connectivity index (χ1) is 14.3. The van der Waals surface area contributed by atoms with Crippen LogP contribution in [-0.4, -0.2) is 36.9 Å². The van der Waals surface area contributed by atoms with Gasteiger partial charge in [0.2, 0.25) is 5.91 Å². The molecule has 0 atom stereocenters. The quantitative estimate of drug-likeness (QED) is 0.487. The highest BCUT2D eigenvalue weighted by Crippen LogP contribution is 2.27. The molecule has 3 aromatic rings. The van der Waals surface area contributed by atoms with Crippen molar-refractivity contribution in [3.05, 3.63) is 66.7 Å². The lowest BCUT2D eigenvalue weighted by molar-refractivity contribution is -0.114. The number of para-hydroxylation sites is 1. The fourth-order valence-corrected chi connectivity index (χ4v) is 3.50. The highest BCUT2D eigenvalue weighted by molar-refractivity contribution is 7.89. The lowest BCUT2D eigenvalue weighted by Gasteiger charge is -2.13. The van der Waals surface area contributed by atoms with E-state index in [9.17, 15) is 18.0 Å². The molecule has 0 aliphatic rings. The topological polar surface area (TPSA) is 131 Å². The van der Waals surface area contributed by atoms with Crippen molar-refractivity contribution in [2.24, 2.45) is 0 Å². The van der Waals surface area contributed by atoms with Gasteiger partial charge in [0.15, 0.2) is 0 Å². The third-order valence-electron chi connectivity index (χ3n) is 4.00. The monoisotopic (exact) mass is 429 g/mol. The zero-order valence-electron chi connectivity index (χ0n) is 16.1. The second kappa shape index (κ2) is 8.76. The number of rotatable bonds is 7. The van der Waals surface area contributed by atoms with E-state index in [-0.39, 0.29) is 16.3 Å². The molecule has 0 bridgehead atoms. The van der Waals surface area contributed by atoms with E-state index in [1.54, 1.807) is 24.3 Å². The van der Waals surface area contributed by atoms with Crippen molar-refractivity contribution >= 4 is 27.5 Å². The minimum atomic E-state index is -4.13. The number of nitrogens with one attached hydrogen (secondary N) is 3. The summed E-state index contributed by atoms with van der Waals surface area (Å²) < 4.78 is 31.8. The Bertz CT molecular complexity index is 1180. The first-order valence-corrected chi connectivity index (χ1v) is 10.2. The maximum absolute atomic E-state index is 12.6. The number of sulfonamides is 1. The van der Waals surface area contributed by atoms with Crippen molar-refractivity contribution in [2.45, 2.75) is 11.8 Å². The van der Waals surface area contributed by atoms with Gasteiger partial charge < -0.3 is 10.1 Å². The van der Waals surface area contributed by atoms with E-state index >= 15 is 0 Å². The first kappa shape index (κ1) is 21.0. The van der Waals surface area contributed by atoms with Crippen LogP contribution in [0.5, 0.6) is 5.75 Å². The molecule has 2 aromatic carbocycles. The fraction of sp³-hybridized carbons (Fsp3) is 0.105. The Kier molecular flexibility index (Phi) is 6.14. The van der Waals surface area contributed by atoms with Crippen molar-refractivity contribution in [2.75, 3.05) is 12.4 Å². The number of anilines is 1. The first-order valence-electron chi connectivity index (χ1n) is 8.67. The van der Waals surface area contributed by atoms with E-state index in [0.29, 0.717) is 11.4 Å². The molecular formula is C19H19N5O5S. The van der Waals surface area contributed by atoms with Gasteiger partial charge in [-0.2, -0.15) is 0 Å². The Morgan fingerprint density at radius 2 is 1.83 bits per heavy atom. The van der Waals surface area contributed by atoms with Gasteiger partial charge in [-0.25, -0.2) is 13.4 Å². The Morgan fingerprint density at radius 3 is 2.50 bits per heavy atom. The highest BCUT2D eigenvalue weighted by atomic mass is 32.2. The van der Waals surface area contributed by atoms with Crippen LogP contribution in [0.3, 0.4) is 0 Å². The molecule has 11 heteroatoms. The molecule has 1 aromatic heterocycles. The Balaban J connectivity index is 1.78. The molecule has 0 saturated carbocycles. The van der Waals surface area contributed by atoms with Crippen LogP contribution < -0.4 is 20.3 Å². The summed E-state index contributed by atoms with van der Waals surface area (Å²) in [5, 5.41) is 2.49. The largest absolute Gasteiger partial charge is 0.495 e. The molecule has 0 fully saturated rings. The summed E-state index contributed by atoms with van der Waals surface area (Å²) in [5.74, 6) is -0.797. The molecule has 2 amide bonds. The third kappa shape index (κ3) is 4.64. The Hall–Kier alpha value is -3.70. The number of amides is 2. The molecule has 0 spiro atoms. The average Bonchev–Trinajstić information content (AvgIpc) is 3.22. The molecule has 1 heterocycles. The van der Waals surface area contributed by atoms with E-state index in [2.05, 4.69) is 15.7 Å². The minimum Gasteiger partial charge on any atom is -0.495 e. The van der Waals surface area contributed by atoms with Crippen LogP contribution in [0.2, 0.25) is 0 Å². The van der Waals surface area contributed by atoms with Gasteiger partial charge in [0.25, 0.3) is 15.9 Å². The van der Waals surface area contributed by atoms with Crippen LogP contribution >= 0.6 is 0 Å². The number of ether oxygens (including phenoxy) is 1. The van der Waals surface area contributed by atoms with Gasteiger partial charge in [0.1, 0.15) is 11.4 Å². The second-order valence-corrected chi connectivity index (χ2v) is 7.77. The molecule has 3 rings (SSSR count). The number of carbonyl (C=O) groups is 2. The lowest BCUT2D eigenvalue weighted by Crippen LogP contribution is -2.42. The summed E-state index contributed by atoms with van der Waals surface area (Å²) in [7, 11) is -2.73. The molecular weight excluding hydrogens is 410 g/mol. The SMILES string of the molecule is COc1ccc(S(=O)(=O)NNC(=O)c2cncn2-c2ccccc2)cc1NC(C)=O. The summed E-state index contributed by atoms with van der Waals surface area (Å²) in [4.78, 5) is 29.7. The maximum atomic E-state index is 12.6. The van der Waals surface area contributed by atoms with Gasteiger partial charge in [-0.1, -0.05) is 18.2 Å². The summed E-state index contributed by atoms with van der Waals surface area (Å²) in [5.41, 5.74) is 3.18. The molecule has 0 aliphatic heterocycles. The molecule has 10 nitrogen and oxygen atoms in total. The number of hydrogen-bond acceptors (Lipinski definition) is 6. The average molecular weight is 429 g/mol. The van der Waals surface area contributed by atoms with Crippen LogP contribution in [-0.2, 0) is 14.8 Å². The third-order valence-corrected chi connectivity index (χ3v) is 5.24. The number of hydrazine groups is 1. The molecule has 0 saturated heterocycles. The fourth-order valence-electron chi connectivity index (χ4n) is 2.64. The lowest BCUT2D eigenvalue weighted by atomic mass is 10.3. The van der Waals surface area contributed by atoms with E-state index in [0.717, 1.165) is 0 Å². The molecule has 156 valence electrons. The molecule has 0 aliphatic carbocycles. The van der Waals surface area contributed by atoms with Crippen molar-refractivity contribution in [3.8, 4) is 11.4 Å². The zero-order chi connectivity index (χ0) is 21.7. The number of carbonyl (C=O) groups excluding carboxylic acids is 2. The van der Waals surface area contributed by atoms with Gasteiger partial charge >= 0.3 is 0 Å². The summed E-state index contributed by atoms with van der Waals surface area (Å²) >= 11 is 0. The number of benzene rings is 2. The van der Waals surface area contributed by atoms with Crippen LogP contribution in [0.1, 0.15) is 17.4 Å². The van der Waals surface area contributed by atoms with E-state index in [1.807, 2.05) is 10.9 Å². The van der Waals surface area contributed by atoms with Crippen LogP contribution in [0.25, 0.3) is 5.69 Å². The highest BCUT2D eigenvalue weighted by Gasteiger charge is 2.20. The number of imidazole rings is 1. The predicted octanol–water partition coefficient (Wildman–Crippen LogP) is 1.46. The van der Waals surface area contributed by atoms with Crippen molar-refractivity contribution in [3.63, 3.8) is 0 Å². The molecule has 0 unspecified atom stereocenters. The summed E-state index contributed by atoms with van der Waals surface area (Å²) in [6.45, 7) is 1.29. The number of nitrogens with zero attached hydrogens (tertiary/aromatic N) is 2. The normalized spacial score (nSPS) is 11.0. The van der Waals surface area contributed by atoms with Gasteiger partial charge in [-0.15, -0.1) is 4.83 Å². The minimum absolute atomic E-state index is 0.137. The number of aromatic nitrogens is 2. The van der Waals surface area contributed by atoms with Crippen molar-refractivity contribution in [1.29, 1.82) is 0 Å². The summed E-state index contributed by atoms with van der Waals surface area (Å²) in [6.07, 6.45) is 2.76. The second-order valence-electron chi connectivity index (χ2n) is 6.09. The Labute approximate surface area is 172 Å². The van der Waals surface area contributed by atoms with Gasteiger partial charge in [0, 0.05) is 12.6 Å². The molecule has 30 heavy (non-hydrogen) atoms. The van der Waals surface area contributed by atoms with Crippen LogP contribution in [0, 0.1) is 0 Å². The number of methoxy groups -OCH3 is 1. The number of hydrogen-bond donors (Lipinski definition) is 3. The Morgan fingerprint density at radius 1 is 1.10 bits per heavy atom. The van der Waals surface area contributed by atoms with Crippen LogP contribution in [0.15, 0.2) is 66.0 Å².